The first kappa shape index (κ1) is 14.1. The molecule has 1 saturated carbocycles. The molecule has 0 aromatic carbocycles. The molecule has 0 saturated heterocycles. The first-order valence-corrected chi connectivity index (χ1v) is 7.05. The van der Waals surface area contributed by atoms with E-state index in [0.29, 0.717) is 17.6 Å². The third-order valence-corrected chi connectivity index (χ3v) is 3.89. The maximum absolute atomic E-state index is 12.1. The molecule has 4 nitrogen and oxygen atoms in total. The average Bonchev–Trinajstić information content (AvgIpc) is 2.88. The van der Waals surface area contributed by atoms with E-state index in [2.05, 4.69) is 19.2 Å². The molecule has 1 aliphatic rings. The number of aliphatic hydroxyl groups excluding tert-OH is 1. The fraction of sp³-hybridized carbons (Fsp3) is 0.667. The summed E-state index contributed by atoms with van der Waals surface area (Å²) in [6, 6.07) is 3.44. The summed E-state index contributed by atoms with van der Waals surface area (Å²) in [7, 11) is 0. The number of amides is 1. The lowest BCUT2D eigenvalue weighted by molar-refractivity contribution is -0.127. The van der Waals surface area contributed by atoms with Gasteiger partial charge in [-0.1, -0.05) is 13.8 Å². The van der Waals surface area contributed by atoms with Crippen molar-refractivity contribution < 1.29 is 14.3 Å². The van der Waals surface area contributed by atoms with Crippen molar-refractivity contribution in [1.82, 2.24) is 5.32 Å². The molecule has 0 bridgehead atoms. The lowest BCUT2D eigenvalue weighted by Gasteiger charge is -2.30. The van der Waals surface area contributed by atoms with Gasteiger partial charge < -0.3 is 14.8 Å². The third kappa shape index (κ3) is 3.83. The average molecular weight is 265 g/mol. The highest BCUT2D eigenvalue weighted by molar-refractivity contribution is 5.78. The Hall–Kier alpha value is -1.29. The van der Waals surface area contributed by atoms with E-state index in [1.54, 1.807) is 12.1 Å². The first-order chi connectivity index (χ1) is 9.06. The molecule has 2 rings (SSSR count). The number of aliphatic hydroxyl groups is 1. The van der Waals surface area contributed by atoms with Crippen LogP contribution in [-0.4, -0.2) is 17.6 Å². The fourth-order valence-corrected chi connectivity index (χ4v) is 3.08. The van der Waals surface area contributed by atoms with Gasteiger partial charge in [0.25, 0.3) is 0 Å². The van der Waals surface area contributed by atoms with Gasteiger partial charge in [-0.2, -0.15) is 0 Å². The minimum atomic E-state index is -0.766. The number of hydrogen-bond acceptors (Lipinski definition) is 3. The van der Waals surface area contributed by atoms with Crippen LogP contribution in [0.2, 0.25) is 0 Å². The van der Waals surface area contributed by atoms with Crippen LogP contribution in [0, 0.1) is 17.8 Å². The predicted octanol–water partition coefficient (Wildman–Crippen LogP) is 2.50. The molecular formula is C15H23NO3. The van der Waals surface area contributed by atoms with E-state index in [1.807, 2.05) is 0 Å². The monoisotopic (exact) mass is 265 g/mol. The maximum Gasteiger partial charge on any atom is 0.223 e. The molecule has 1 aromatic rings. The third-order valence-electron chi connectivity index (χ3n) is 3.89. The highest BCUT2D eigenvalue weighted by Gasteiger charge is 2.29. The first-order valence-electron chi connectivity index (χ1n) is 7.05. The van der Waals surface area contributed by atoms with Crippen LogP contribution in [0.4, 0.5) is 0 Å². The SMILES string of the molecule is CC1CC(C)CC(C(=O)NCC(O)c2ccco2)C1. The van der Waals surface area contributed by atoms with E-state index >= 15 is 0 Å². The second-order valence-electron chi connectivity index (χ2n) is 5.89. The zero-order valence-electron chi connectivity index (χ0n) is 11.6. The van der Waals surface area contributed by atoms with Crippen LogP contribution in [0.1, 0.15) is 45.0 Å². The normalized spacial score (nSPS) is 28.9. The van der Waals surface area contributed by atoms with Gasteiger partial charge in [-0.3, -0.25) is 4.79 Å². The molecule has 1 heterocycles. The van der Waals surface area contributed by atoms with E-state index in [9.17, 15) is 9.90 Å². The smallest absolute Gasteiger partial charge is 0.223 e. The molecular weight excluding hydrogens is 242 g/mol. The van der Waals surface area contributed by atoms with Crippen molar-refractivity contribution in [3.63, 3.8) is 0 Å². The highest BCUT2D eigenvalue weighted by atomic mass is 16.4. The number of hydrogen-bond donors (Lipinski definition) is 2. The maximum atomic E-state index is 12.1. The van der Waals surface area contributed by atoms with Crippen LogP contribution in [0.3, 0.4) is 0 Å². The van der Waals surface area contributed by atoms with Crippen molar-refractivity contribution in [3.05, 3.63) is 24.2 Å². The van der Waals surface area contributed by atoms with E-state index in [4.69, 9.17) is 4.42 Å². The summed E-state index contributed by atoms with van der Waals surface area (Å²) in [5.41, 5.74) is 0. The van der Waals surface area contributed by atoms with Gasteiger partial charge in [0.05, 0.1) is 12.8 Å². The predicted molar refractivity (Wildman–Crippen MR) is 72.3 cm³/mol. The van der Waals surface area contributed by atoms with Gasteiger partial charge in [-0.25, -0.2) is 0 Å². The largest absolute Gasteiger partial charge is 0.467 e. The molecule has 3 atom stereocenters. The van der Waals surface area contributed by atoms with Gasteiger partial charge in [0.2, 0.25) is 5.91 Å². The Labute approximate surface area is 114 Å². The van der Waals surface area contributed by atoms with Crippen LogP contribution in [0.15, 0.2) is 22.8 Å². The molecule has 1 amide bonds. The number of rotatable bonds is 4. The summed E-state index contributed by atoms with van der Waals surface area (Å²) in [6.45, 7) is 4.62. The zero-order chi connectivity index (χ0) is 13.8. The number of nitrogens with one attached hydrogen (secondary N) is 1. The van der Waals surface area contributed by atoms with Crippen LogP contribution in [0.5, 0.6) is 0 Å². The number of furan rings is 1. The molecule has 1 aromatic heterocycles. The van der Waals surface area contributed by atoms with Gasteiger partial charge >= 0.3 is 0 Å². The van der Waals surface area contributed by atoms with Crippen LogP contribution in [0.25, 0.3) is 0 Å². The van der Waals surface area contributed by atoms with Crippen molar-refractivity contribution in [3.8, 4) is 0 Å². The summed E-state index contributed by atoms with van der Waals surface area (Å²) in [6.07, 6.45) is 3.86. The Bertz CT molecular complexity index is 392. The standard InChI is InChI=1S/C15H23NO3/c1-10-6-11(2)8-12(7-10)15(18)16-9-13(17)14-4-3-5-19-14/h3-5,10-13,17H,6-9H2,1-2H3,(H,16,18). The topological polar surface area (TPSA) is 62.5 Å². The minimum absolute atomic E-state index is 0.0593. The van der Waals surface area contributed by atoms with Gasteiger partial charge in [0, 0.05) is 5.92 Å². The van der Waals surface area contributed by atoms with Crippen molar-refractivity contribution >= 4 is 5.91 Å². The summed E-state index contributed by atoms with van der Waals surface area (Å²) < 4.78 is 5.11. The Morgan fingerprint density at radius 1 is 1.42 bits per heavy atom. The fourth-order valence-electron chi connectivity index (χ4n) is 3.08. The Morgan fingerprint density at radius 2 is 2.11 bits per heavy atom. The summed E-state index contributed by atoms with van der Waals surface area (Å²) >= 11 is 0. The molecule has 1 fully saturated rings. The molecule has 0 aliphatic heterocycles. The van der Waals surface area contributed by atoms with Crippen molar-refractivity contribution in [2.45, 2.75) is 39.2 Å². The van der Waals surface area contributed by atoms with Crippen LogP contribution < -0.4 is 5.32 Å². The molecule has 0 radical (unpaired) electrons. The van der Waals surface area contributed by atoms with Crippen LogP contribution in [-0.2, 0) is 4.79 Å². The van der Waals surface area contributed by atoms with Crippen molar-refractivity contribution in [2.24, 2.45) is 17.8 Å². The summed E-state index contributed by atoms with van der Waals surface area (Å²) in [4.78, 5) is 12.1. The number of carbonyl (C=O) groups is 1. The Balaban J connectivity index is 1.81. The molecule has 2 N–H and O–H groups in total. The van der Waals surface area contributed by atoms with Gasteiger partial charge in [0.1, 0.15) is 11.9 Å². The van der Waals surface area contributed by atoms with Crippen LogP contribution >= 0.6 is 0 Å². The van der Waals surface area contributed by atoms with E-state index in [-0.39, 0.29) is 18.4 Å². The second-order valence-corrected chi connectivity index (χ2v) is 5.89. The van der Waals surface area contributed by atoms with E-state index in [1.165, 1.54) is 12.7 Å². The highest BCUT2D eigenvalue weighted by Crippen LogP contribution is 2.32. The Kier molecular flexibility index (Phi) is 4.64. The summed E-state index contributed by atoms with van der Waals surface area (Å²) in [5, 5.41) is 12.7. The molecule has 3 unspecified atom stereocenters. The molecule has 1 aliphatic carbocycles. The second kappa shape index (κ2) is 6.24. The van der Waals surface area contributed by atoms with Gasteiger partial charge in [-0.15, -0.1) is 0 Å². The zero-order valence-corrected chi connectivity index (χ0v) is 11.6. The van der Waals surface area contributed by atoms with Gasteiger partial charge in [-0.05, 0) is 43.2 Å². The molecule has 4 heteroatoms. The quantitative estimate of drug-likeness (QED) is 0.879. The van der Waals surface area contributed by atoms with Crippen molar-refractivity contribution in [1.29, 1.82) is 0 Å². The minimum Gasteiger partial charge on any atom is -0.467 e. The lowest BCUT2D eigenvalue weighted by Crippen LogP contribution is -2.37. The lowest BCUT2D eigenvalue weighted by atomic mass is 9.76. The van der Waals surface area contributed by atoms with Crippen molar-refractivity contribution in [2.75, 3.05) is 6.54 Å². The number of carbonyl (C=O) groups excluding carboxylic acids is 1. The Morgan fingerprint density at radius 3 is 2.68 bits per heavy atom. The molecule has 106 valence electrons. The van der Waals surface area contributed by atoms with E-state index < -0.39 is 6.10 Å². The van der Waals surface area contributed by atoms with Gasteiger partial charge in [0.15, 0.2) is 0 Å². The molecule has 19 heavy (non-hydrogen) atoms. The van der Waals surface area contributed by atoms with E-state index in [0.717, 1.165) is 12.8 Å². The molecule has 0 spiro atoms. The summed E-state index contributed by atoms with van der Waals surface area (Å²) in [5.74, 6) is 1.85.